The molecule has 27 heavy (non-hydrogen) atoms. The van der Waals surface area contributed by atoms with Crippen LogP contribution >= 0.6 is 0 Å². The predicted molar refractivity (Wildman–Crippen MR) is 98.0 cm³/mol. The van der Waals surface area contributed by atoms with Gasteiger partial charge in [-0.05, 0) is 41.8 Å². The molecule has 0 bridgehead atoms. The minimum absolute atomic E-state index is 0.292. The lowest BCUT2D eigenvalue weighted by Crippen LogP contribution is -2.29. The Balaban J connectivity index is 1.70. The van der Waals surface area contributed by atoms with Crippen LogP contribution in [-0.2, 0) is 6.18 Å². The summed E-state index contributed by atoms with van der Waals surface area (Å²) in [6.45, 7) is 1.06. The maximum absolute atomic E-state index is 13.3. The van der Waals surface area contributed by atoms with Crippen molar-refractivity contribution in [2.45, 2.75) is 12.6 Å². The van der Waals surface area contributed by atoms with E-state index in [1.54, 1.807) is 36.4 Å². The van der Waals surface area contributed by atoms with Crippen molar-refractivity contribution in [1.29, 1.82) is 0 Å². The molecule has 2 heterocycles. The molecule has 1 aromatic heterocycles. The second kappa shape index (κ2) is 6.68. The van der Waals surface area contributed by atoms with Gasteiger partial charge in [-0.25, -0.2) is 9.37 Å². The van der Waals surface area contributed by atoms with Crippen LogP contribution in [0.1, 0.15) is 17.7 Å². The molecule has 0 radical (unpaired) electrons. The zero-order valence-corrected chi connectivity index (χ0v) is 14.3. The first-order valence-corrected chi connectivity index (χ1v) is 8.59. The van der Waals surface area contributed by atoms with Crippen LogP contribution in [0.3, 0.4) is 0 Å². The molecule has 0 N–H and O–H groups in total. The third kappa shape index (κ3) is 3.52. The Labute approximate surface area is 153 Å². The van der Waals surface area contributed by atoms with Crippen LogP contribution in [0, 0.1) is 5.82 Å². The van der Waals surface area contributed by atoms with Gasteiger partial charge in [-0.1, -0.05) is 36.4 Å². The van der Waals surface area contributed by atoms with Gasteiger partial charge in [0, 0.05) is 24.2 Å². The van der Waals surface area contributed by atoms with Gasteiger partial charge in [0.2, 0.25) is 0 Å². The van der Waals surface area contributed by atoms with Gasteiger partial charge in [0.1, 0.15) is 11.5 Å². The maximum Gasteiger partial charge on any atom is 0.433 e. The van der Waals surface area contributed by atoms with E-state index in [1.807, 2.05) is 11.0 Å². The van der Waals surface area contributed by atoms with Crippen molar-refractivity contribution in [3.63, 3.8) is 0 Å². The largest absolute Gasteiger partial charge is 0.433 e. The predicted octanol–water partition coefficient (Wildman–Crippen LogP) is 5.69. The number of hydrogen-bond acceptors (Lipinski definition) is 2. The van der Waals surface area contributed by atoms with Gasteiger partial charge in [0.05, 0.1) is 5.52 Å². The highest BCUT2D eigenvalue weighted by atomic mass is 19.4. The average Bonchev–Trinajstić information content (AvgIpc) is 2.67. The van der Waals surface area contributed by atoms with E-state index < -0.39 is 11.9 Å². The number of halogens is 4. The van der Waals surface area contributed by atoms with Crippen LogP contribution in [0.2, 0.25) is 0 Å². The highest BCUT2D eigenvalue weighted by molar-refractivity contribution is 5.92. The number of fused-ring (bicyclic) bond motifs is 1. The Hall–Kier alpha value is -2.89. The molecule has 0 atom stereocenters. The third-order valence-electron chi connectivity index (χ3n) is 4.75. The van der Waals surface area contributed by atoms with Gasteiger partial charge < -0.3 is 4.90 Å². The van der Waals surface area contributed by atoms with E-state index in [0.717, 1.165) is 17.2 Å². The van der Waals surface area contributed by atoms with Gasteiger partial charge >= 0.3 is 6.18 Å². The summed E-state index contributed by atoms with van der Waals surface area (Å²) in [5, 5.41) is 0.698. The first kappa shape index (κ1) is 17.5. The molecule has 0 fully saturated rings. The zero-order chi connectivity index (χ0) is 19.0. The van der Waals surface area contributed by atoms with Crippen molar-refractivity contribution in [2.24, 2.45) is 0 Å². The fraction of sp³-hybridized carbons (Fsp3) is 0.190. The quantitative estimate of drug-likeness (QED) is 0.538. The van der Waals surface area contributed by atoms with Crippen LogP contribution in [0.4, 0.5) is 23.2 Å². The number of para-hydroxylation sites is 1. The number of benzene rings is 2. The lowest BCUT2D eigenvalue weighted by atomic mass is 9.98. The number of alkyl halides is 3. The van der Waals surface area contributed by atoms with E-state index in [0.29, 0.717) is 36.1 Å². The van der Waals surface area contributed by atoms with Crippen LogP contribution in [0.25, 0.3) is 16.5 Å². The molecule has 0 spiro atoms. The molecule has 6 heteroatoms. The first-order valence-electron chi connectivity index (χ1n) is 8.59. The van der Waals surface area contributed by atoms with Crippen LogP contribution < -0.4 is 4.90 Å². The molecule has 0 aliphatic carbocycles. The molecule has 1 aliphatic rings. The Morgan fingerprint density at radius 2 is 1.70 bits per heavy atom. The van der Waals surface area contributed by atoms with Crippen molar-refractivity contribution in [1.82, 2.24) is 4.98 Å². The minimum atomic E-state index is -4.50. The van der Waals surface area contributed by atoms with Gasteiger partial charge in [-0.3, -0.25) is 0 Å². The van der Waals surface area contributed by atoms with Crippen LogP contribution in [-0.4, -0.2) is 18.1 Å². The highest BCUT2D eigenvalue weighted by Gasteiger charge is 2.34. The number of hydrogen-bond donors (Lipinski definition) is 0. The topological polar surface area (TPSA) is 16.1 Å². The van der Waals surface area contributed by atoms with Crippen molar-refractivity contribution >= 4 is 22.2 Å². The fourth-order valence-electron chi connectivity index (χ4n) is 3.38. The molecule has 3 aromatic rings. The van der Waals surface area contributed by atoms with E-state index in [-0.39, 0.29) is 5.82 Å². The van der Waals surface area contributed by atoms with Crippen LogP contribution in [0.5, 0.6) is 0 Å². The number of pyridine rings is 1. The molecule has 4 rings (SSSR count). The smallest absolute Gasteiger partial charge is 0.367 e. The lowest BCUT2D eigenvalue weighted by Gasteiger charge is -2.30. The number of nitrogens with zero attached hydrogens (tertiary/aromatic N) is 2. The molecule has 0 unspecified atom stereocenters. The van der Waals surface area contributed by atoms with E-state index in [4.69, 9.17) is 0 Å². The Morgan fingerprint density at radius 3 is 2.37 bits per heavy atom. The summed E-state index contributed by atoms with van der Waals surface area (Å²) >= 11 is 0. The van der Waals surface area contributed by atoms with E-state index in [9.17, 15) is 17.6 Å². The summed E-state index contributed by atoms with van der Waals surface area (Å²) in [6.07, 6.45) is -1.84. The maximum atomic E-state index is 13.3. The fourth-order valence-corrected chi connectivity index (χ4v) is 3.38. The molecule has 1 aliphatic heterocycles. The van der Waals surface area contributed by atoms with Crippen molar-refractivity contribution in [3.8, 4) is 0 Å². The lowest BCUT2D eigenvalue weighted by molar-refractivity contribution is -0.140. The molecular formula is C21H16F4N2. The molecule has 0 saturated carbocycles. The van der Waals surface area contributed by atoms with E-state index in [2.05, 4.69) is 4.98 Å². The zero-order valence-electron chi connectivity index (χ0n) is 14.3. The molecule has 2 aromatic carbocycles. The molecule has 138 valence electrons. The summed E-state index contributed by atoms with van der Waals surface area (Å²) in [4.78, 5) is 5.69. The second-order valence-corrected chi connectivity index (χ2v) is 6.47. The van der Waals surface area contributed by atoms with Crippen molar-refractivity contribution in [2.75, 3.05) is 18.0 Å². The first-order chi connectivity index (χ1) is 12.9. The standard InChI is InChI=1S/C21H16F4N2/c22-16-7-5-14(6-8-16)15-9-11-27(12-10-15)19-13-20(21(23,24)25)26-18-4-2-1-3-17(18)19/h1-9,13H,10-12H2. The van der Waals surface area contributed by atoms with Crippen molar-refractivity contribution < 1.29 is 17.6 Å². The van der Waals surface area contributed by atoms with E-state index in [1.165, 1.54) is 12.1 Å². The summed E-state index contributed by atoms with van der Waals surface area (Å²) < 4.78 is 52.9. The van der Waals surface area contributed by atoms with Crippen LogP contribution in [0.15, 0.2) is 60.7 Å². The highest BCUT2D eigenvalue weighted by Crippen LogP contribution is 2.36. The molecule has 2 nitrogen and oxygen atoms in total. The Kier molecular flexibility index (Phi) is 4.34. The molecule has 0 amide bonds. The SMILES string of the molecule is Fc1ccc(C2=CCN(c3cc(C(F)(F)F)nc4ccccc34)CC2)cc1. The number of rotatable bonds is 2. The Morgan fingerprint density at radius 1 is 0.963 bits per heavy atom. The number of aromatic nitrogens is 1. The monoisotopic (exact) mass is 372 g/mol. The second-order valence-electron chi connectivity index (χ2n) is 6.47. The summed E-state index contributed by atoms with van der Waals surface area (Å²) in [5.74, 6) is -0.292. The van der Waals surface area contributed by atoms with Gasteiger partial charge in [0.25, 0.3) is 0 Å². The van der Waals surface area contributed by atoms with Crippen molar-refractivity contribution in [3.05, 3.63) is 77.7 Å². The van der Waals surface area contributed by atoms with Gasteiger partial charge in [-0.15, -0.1) is 0 Å². The summed E-state index contributed by atoms with van der Waals surface area (Å²) in [7, 11) is 0. The van der Waals surface area contributed by atoms with Gasteiger partial charge in [-0.2, -0.15) is 13.2 Å². The molecule has 0 saturated heterocycles. The average molecular weight is 372 g/mol. The Bertz CT molecular complexity index is 1010. The summed E-state index contributed by atoms with van der Waals surface area (Å²) in [6, 6.07) is 14.3. The molecular weight excluding hydrogens is 356 g/mol. The van der Waals surface area contributed by atoms with E-state index >= 15 is 0 Å². The third-order valence-corrected chi connectivity index (χ3v) is 4.75. The number of anilines is 1. The van der Waals surface area contributed by atoms with Gasteiger partial charge in [0.15, 0.2) is 0 Å². The normalized spacial score (nSPS) is 15.1. The minimum Gasteiger partial charge on any atom is -0.367 e. The summed E-state index contributed by atoms with van der Waals surface area (Å²) in [5.41, 5.74) is 1.98.